The van der Waals surface area contributed by atoms with Crippen molar-refractivity contribution in [3.05, 3.63) is 29.8 Å². The zero-order valence-corrected chi connectivity index (χ0v) is 34.6. The van der Waals surface area contributed by atoms with Crippen LogP contribution < -0.4 is 4.90 Å². The van der Waals surface area contributed by atoms with Gasteiger partial charge in [-0.15, -0.1) is 11.3 Å². The number of carbonyl (C=O) groups excluding carboxylic acids is 2. The third-order valence-corrected chi connectivity index (χ3v) is 12.4. The topological polar surface area (TPSA) is 122 Å². The van der Waals surface area contributed by atoms with Crippen molar-refractivity contribution in [3.8, 4) is 11.4 Å². The maximum Gasteiger partial charge on any atom is 0.435 e. The molecule has 1 aliphatic heterocycles. The zero-order chi connectivity index (χ0) is 37.2. The van der Waals surface area contributed by atoms with Crippen LogP contribution in [0.2, 0.25) is 5.04 Å². The van der Waals surface area contributed by atoms with Crippen LogP contribution in [0, 0.1) is 0 Å². The molecular weight excluding hydrogens is 693 g/mol. The van der Waals surface area contributed by atoms with E-state index in [0.29, 0.717) is 34.0 Å². The smallest absolute Gasteiger partial charge is 0.435 e. The highest BCUT2D eigenvalue weighted by atomic mass is 32.2. The standard InChI is InChI=1S/C36H52N4O7S2Si/c1-33(2,3)45-31(41)39-24-17-16-23(36(10,11)47-50-35(7,8)9)20-22(24)21-25(39)26-28-27(40(37-26)32(42)46-34(4,5)6)29(49(12,43)44)30(48-28)38-18-14-13-15-19-38/h16-17,20-21H,13-15,18-19,50H2,1-12H3. The average Bonchev–Trinajstić information content (AvgIpc) is 3.64. The van der Waals surface area contributed by atoms with Crippen LogP contribution in [0.1, 0.15) is 101 Å². The number of ether oxygens (including phenoxy) is 2. The molecule has 0 bridgehead atoms. The fourth-order valence-electron chi connectivity index (χ4n) is 5.94. The summed E-state index contributed by atoms with van der Waals surface area (Å²) >= 11 is 1.27. The van der Waals surface area contributed by atoms with Crippen molar-refractivity contribution in [1.29, 1.82) is 0 Å². The number of thiophene rings is 1. The lowest BCUT2D eigenvalue weighted by atomic mass is 9.97. The first-order valence-electron chi connectivity index (χ1n) is 17.1. The molecule has 1 aliphatic rings. The fourth-order valence-corrected chi connectivity index (χ4v) is 9.75. The second-order valence-corrected chi connectivity index (χ2v) is 22.6. The normalized spacial score (nSPS) is 15.5. The van der Waals surface area contributed by atoms with E-state index < -0.39 is 48.6 Å². The molecular formula is C36H52N4O7S2Si. The number of sulfone groups is 1. The van der Waals surface area contributed by atoms with Gasteiger partial charge in [0.15, 0.2) is 19.6 Å². The van der Waals surface area contributed by atoms with Crippen molar-refractivity contribution in [3.63, 3.8) is 0 Å². The van der Waals surface area contributed by atoms with Crippen molar-refractivity contribution >= 4 is 69.2 Å². The number of hydrogen-bond acceptors (Lipinski definition) is 10. The summed E-state index contributed by atoms with van der Waals surface area (Å²) in [5.41, 5.74) is 0.0625. The molecule has 4 aromatic rings. The molecule has 0 unspecified atom stereocenters. The van der Waals surface area contributed by atoms with Crippen molar-refractivity contribution in [2.75, 3.05) is 24.2 Å². The molecule has 0 atom stereocenters. The van der Waals surface area contributed by atoms with Gasteiger partial charge in [-0.05, 0) is 103 Å². The molecule has 0 spiro atoms. The third kappa shape index (κ3) is 8.13. The number of fused-ring (bicyclic) bond motifs is 2. The first-order chi connectivity index (χ1) is 22.9. The van der Waals surface area contributed by atoms with Gasteiger partial charge in [0.05, 0.1) is 21.5 Å². The Labute approximate surface area is 302 Å². The van der Waals surface area contributed by atoms with Crippen LogP contribution >= 0.6 is 11.3 Å². The summed E-state index contributed by atoms with van der Waals surface area (Å²) in [7, 11) is -4.73. The van der Waals surface area contributed by atoms with Crippen molar-refractivity contribution < 1.29 is 31.9 Å². The van der Waals surface area contributed by atoms with E-state index in [-0.39, 0.29) is 21.1 Å². The molecule has 3 aromatic heterocycles. The maximum absolute atomic E-state index is 14.1. The van der Waals surface area contributed by atoms with E-state index in [1.165, 1.54) is 15.9 Å². The number of hydrogen-bond donors (Lipinski definition) is 0. The van der Waals surface area contributed by atoms with Gasteiger partial charge < -0.3 is 18.8 Å². The Morgan fingerprint density at radius 2 is 1.46 bits per heavy atom. The van der Waals surface area contributed by atoms with Gasteiger partial charge >= 0.3 is 12.2 Å². The maximum atomic E-state index is 14.1. The van der Waals surface area contributed by atoms with E-state index in [0.717, 1.165) is 41.1 Å². The van der Waals surface area contributed by atoms with E-state index in [1.807, 2.05) is 38.1 Å². The Kier molecular flexibility index (Phi) is 9.96. The Morgan fingerprint density at radius 1 is 0.860 bits per heavy atom. The molecule has 0 aliphatic carbocycles. The molecule has 14 heteroatoms. The van der Waals surface area contributed by atoms with Gasteiger partial charge in [0, 0.05) is 24.7 Å². The van der Waals surface area contributed by atoms with Gasteiger partial charge in [0.1, 0.15) is 32.3 Å². The molecule has 1 aromatic carbocycles. The van der Waals surface area contributed by atoms with Crippen LogP contribution in [-0.2, 0) is 29.3 Å². The molecule has 5 rings (SSSR count). The minimum absolute atomic E-state index is 0.0353. The van der Waals surface area contributed by atoms with Crippen LogP contribution in [0.3, 0.4) is 0 Å². The number of carbonyl (C=O) groups is 2. The first kappa shape index (κ1) is 38.0. The van der Waals surface area contributed by atoms with Gasteiger partial charge in [-0.1, -0.05) is 26.8 Å². The summed E-state index contributed by atoms with van der Waals surface area (Å²) in [5.74, 6) is 0. The lowest BCUT2D eigenvalue weighted by molar-refractivity contribution is 0.0520. The van der Waals surface area contributed by atoms with Gasteiger partial charge in [-0.3, -0.25) is 0 Å². The van der Waals surface area contributed by atoms with Crippen molar-refractivity contribution in [2.24, 2.45) is 0 Å². The van der Waals surface area contributed by atoms with Gasteiger partial charge in [0.25, 0.3) is 0 Å². The summed E-state index contributed by atoms with van der Waals surface area (Å²) in [4.78, 5) is 30.0. The number of piperidine rings is 1. The van der Waals surface area contributed by atoms with E-state index in [4.69, 9.17) is 19.0 Å². The highest BCUT2D eigenvalue weighted by Gasteiger charge is 2.36. The Morgan fingerprint density at radius 3 is 2.02 bits per heavy atom. The summed E-state index contributed by atoms with van der Waals surface area (Å²) in [5, 5.41) is 6.15. The van der Waals surface area contributed by atoms with Crippen LogP contribution in [-0.4, -0.2) is 75.3 Å². The van der Waals surface area contributed by atoms with Gasteiger partial charge in [-0.25, -0.2) is 22.6 Å². The fraction of sp³-hybridized carbons (Fsp3) is 0.583. The second kappa shape index (κ2) is 13.1. The van der Waals surface area contributed by atoms with Crippen LogP contribution in [0.4, 0.5) is 14.6 Å². The lowest BCUT2D eigenvalue weighted by Gasteiger charge is -2.30. The molecule has 11 nitrogen and oxygen atoms in total. The Hall–Kier alpha value is -3.20. The summed E-state index contributed by atoms with van der Waals surface area (Å²) in [6.07, 6.45) is 2.63. The highest BCUT2D eigenvalue weighted by Crippen LogP contribution is 2.47. The third-order valence-electron chi connectivity index (χ3n) is 8.21. The predicted octanol–water partition coefficient (Wildman–Crippen LogP) is 8.23. The minimum Gasteiger partial charge on any atom is -0.443 e. The summed E-state index contributed by atoms with van der Waals surface area (Å²) < 4.78 is 48.3. The molecule has 0 saturated carbocycles. The predicted molar refractivity (Wildman–Crippen MR) is 203 cm³/mol. The molecule has 4 heterocycles. The van der Waals surface area contributed by atoms with Crippen molar-refractivity contribution in [2.45, 2.75) is 122 Å². The SMILES string of the molecule is CC(C)(C)OC(=O)n1nc(-c2cc3cc(C(C)(C)O[SiH2]C(C)(C)C)ccc3n2C(=O)OC(C)(C)C)c2sc(N3CCCCC3)c(S(C)(=O)=O)c21. The van der Waals surface area contributed by atoms with E-state index in [2.05, 4.69) is 25.7 Å². The van der Waals surface area contributed by atoms with Crippen LogP contribution in [0.25, 0.3) is 32.5 Å². The Balaban J connectivity index is 1.82. The van der Waals surface area contributed by atoms with E-state index in [1.54, 1.807) is 41.5 Å². The highest BCUT2D eigenvalue weighted by molar-refractivity contribution is 7.91. The second-order valence-electron chi connectivity index (χ2n) is 17.0. The number of aromatic nitrogens is 3. The van der Waals surface area contributed by atoms with E-state index >= 15 is 0 Å². The molecule has 274 valence electrons. The minimum atomic E-state index is -3.86. The number of rotatable bonds is 6. The molecule has 0 amide bonds. The zero-order valence-electron chi connectivity index (χ0n) is 31.5. The molecule has 0 N–H and O–H groups in total. The van der Waals surface area contributed by atoms with Crippen LogP contribution in [0.5, 0.6) is 0 Å². The number of benzene rings is 1. The lowest BCUT2D eigenvalue weighted by Crippen LogP contribution is -2.30. The number of anilines is 1. The monoisotopic (exact) mass is 744 g/mol. The molecule has 1 fully saturated rings. The molecule has 1 saturated heterocycles. The van der Waals surface area contributed by atoms with Gasteiger partial charge in [-0.2, -0.15) is 9.78 Å². The van der Waals surface area contributed by atoms with Gasteiger partial charge in [0.2, 0.25) is 0 Å². The largest absolute Gasteiger partial charge is 0.443 e. The van der Waals surface area contributed by atoms with E-state index in [9.17, 15) is 18.0 Å². The average molecular weight is 745 g/mol. The summed E-state index contributed by atoms with van der Waals surface area (Å²) in [6, 6.07) is 7.69. The van der Waals surface area contributed by atoms with Crippen molar-refractivity contribution in [1.82, 2.24) is 14.3 Å². The molecule has 50 heavy (non-hydrogen) atoms. The number of nitrogens with zero attached hydrogens (tertiary/aromatic N) is 4. The Bertz CT molecular complexity index is 2050. The quantitative estimate of drug-likeness (QED) is 0.180. The molecule has 0 radical (unpaired) electrons. The van der Waals surface area contributed by atoms with Crippen LogP contribution in [0.15, 0.2) is 29.2 Å². The summed E-state index contributed by atoms with van der Waals surface area (Å²) in [6.45, 7) is 22.6. The first-order valence-corrected chi connectivity index (χ1v) is 21.1.